The summed E-state index contributed by atoms with van der Waals surface area (Å²) in [5, 5.41) is 4.62. The summed E-state index contributed by atoms with van der Waals surface area (Å²) >= 11 is 1.80. The van der Waals surface area contributed by atoms with Gasteiger partial charge < -0.3 is 19.7 Å². The smallest absolute Gasteiger partial charge is 0.193 e. The SMILES string of the molecule is CCNC(=NCCc1ncc(CC)s1)N1CCC(c2cc(OC)cc(OC)c2)C1. The van der Waals surface area contributed by atoms with E-state index < -0.39 is 0 Å². The van der Waals surface area contributed by atoms with Crippen molar-refractivity contribution < 1.29 is 9.47 Å². The summed E-state index contributed by atoms with van der Waals surface area (Å²) in [5.74, 6) is 3.12. The van der Waals surface area contributed by atoms with Crippen LogP contribution in [-0.4, -0.2) is 56.2 Å². The molecule has 158 valence electrons. The highest BCUT2D eigenvalue weighted by molar-refractivity contribution is 7.11. The lowest BCUT2D eigenvalue weighted by Gasteiger charge is -2.22. The number of nitrogens with zero attached hydrogens (tertiary/aromatic N) is 3. The van der Waals surface area contributed by atoms with E-state index in [-0.39, 0.29) is 0 Å². The van der Waals surface area contributed by atoms with Crippen molar-refractivity contribution in [3.05, 3.63) is 39.8 Å². The maximum Gasteiger partial charge on any atom is 0.193 e. The van der Waals surface area contributed by atoms with Gasteiger partial charge in [0.25, 0.3) is 0 Å². The van der Waals surface area contributed by atoms with Crippen LogP contribution in [0.5, 0.6) is 11.5 Å². The summed E-state index contributed by atoms with van der Waals surface area (Å²) < 4.78 is 10.9. The summed E-state index contributed by atoms with van der Waals surface area (Å²) in [6.45, 7) is 7.84. The molecular weight excluding hydrogens is 384 g/mol. The highest BCUT2D eigenvalue weighted by Gasteiger charge is 2.27. The number of benzene rings is 1. The van der Waals surface area contributed by atoms with Crippen LogP contribution in [0.15, 0.2) is 29.4 Å². The normalized spacial score (nSPS) is 16.9. The second-order valence-corrected chi connectivity index (χ2v) is 8.34. The standard InChI is InChI=1S/C22H32N4O2S/c1-5-20-14-25-21(29-20)7-9-24-22(23-6-2)26-10-8-16(15-26)17-11-18(27-3)13-19(12-17)28-4/h11-14,16H,5-10,15H2,1-4H3,(H,23,24). The van der Waals surface area contributed by atoms with Gasteiger partial charge in [0.2, 0.25) is 0 Å². The van der Waals surface area contributed by atoms with Crippen molar-refractivity contribution in [2.75, 3.05) is 40.4 Å². The van der Waals surface area contributed by atoms with Crippen molar-refractivity contribution in [3.63, 3.8) is 0 Å². The molecule has 1 unspecified atom stereocenters. The van der Waals surface area contributed by atoms with Crippen molar-refractivity contribution in [1.29, 1.82) is 0 Å². The van der Waals surface area contributed by atoms with Gasteiger partial charge in [-0.2, -0.15) is 0 Å². The number of hydrogen-bond donors (Lipinski definition) is 1. The second-order valence-electron chi connectivity index (χ2n) is 7.14. The molecule has 0 amide bonds. The fraction of sp³-hybridized carbons (Fsp3) is 0.545. The van der Waals surface area contributed by atoms with E-state index in [0.717, 1.165) is 62.9 Å². The van der Waals surface area contributed by atoms with E-state index in [9.17, 15) is 0 Å². The molecule has 0 radical (unpaired) electrons. The summed E-state index contributed by atoms with van der Waals surface area (Å²) in [6.07, 6.45) is 5.02. The summed E-state index contributed by atoms with van der Waals surface area (Å²) in [7, 11) is 3.39. The molecule has 2 aromatic rings. The van der Waals surface area contributed by atoms with Crippen LogP contribution in [0.25, 0.3) is 0 Å². The molecule has 7 heteroatoms. The van der Waals surface area contributed by atoms with Crippen LogP contribution < -0.4 is 14.8 Å². The topological polar surface area (TPSA) is 59.0 Å². The number of aryl methyl sites for hydroxylation is 1. The molecule has 3 rings (SSSR count). The molecule has 1 atom stereocenters. The van der Waals surface area contributed by atoms with E-state index >= 15 is 0 Å². The van der Waals surface area contributed by atoms with Crippen molar-refractivity contribution >= 4 is 17.3 Å². The van der Waals surface area contributed by atoms with E-state index in [1.54, 1.807) is 25.6 Å². The Hall–Kier alpha value is -2.28. The van der Waals surface area contributed by atoms with Gasteiger partial charge in [-0.05, 0) is 37.5 Å². The van der Waals surface area contributed by atoms with Crippen molar-refractivity contribution in [2.24, 2.45) is 4.99 Å². The lowest BCUT2D eigenvalue weighted by Crippen LogP contribution is -2.40. The van der Waals surface area contributed by atoms with Crippen LogP contribution in [0.3, 0.4) is 0 Å². The third-order valence-corrected chi connectivity index (χ3v) is 6.41. The summed E-state index contributed by atoms with van der Waals surface area (Å²) in [5.41, 5.74) is 1.26. The fourth-order valence-electron chi connectivity index (χ4n) is 3.60. The molecule has 0 aliphatic carbocycles. The average molecular weight is 417 g/mol. The minimum absolute atomic E-state index is 0.439. The minimum Gasteiger partial charge on any atom is -0.497 e. The van der Waals surface area contributed by atoms with Gasteiger partial charge in [-0.1, -0.05) is 6.92 Å². The molecule has 0 spiro atoms. The van der Waals surface area contributed by atoms with E-state index in [4.69, 9.17) is 14.5 Å². The molecule has 1 fully saturated rings. The Morgan fingerprint density at radius 3 is 2.62 bits per heavy atom. The molecule has 1 aliphatic rings. The molecule has 0 saturated carbocycles. The van der Waals surface area contributed by atoms with Gasteiger partial charge in [0, 0.05) is 55.7 Å². The Bertz CT molecular complexity index is 799. The molecule has 29 heavy (non-hydrogen) atoms. The van der Waals surface area contributed by atoms with Crippen LogP contribution >= 0.6 is 11.3 Å². The van der Waals surface area contributed by atoms with Gasteiger partial charge in [0.05, 0.1) is 19.2 Å². The quantitative estimate of drug-likeness (QED) is 0.525. The van der Waals surface area contributed by atoms with Gasteiger partial charge in [-0.15, -0.1) is 11.3 Å². The lowest BCUT2D eigenvalue weighted by atomic mass is 9.98. The number of likely N-dealkylation sites (tertiary alicyclic amines) is 1. The Morgan fingerprint density at radius 1 is 1.24 bits per heavy atom. The van der Waals surface area contributed by atoms with Crippen molar-refractivity contribution in [1.82, 2.24) is 15.2 Å². The zero-order valence-corrected chi connectivity index (χ0v) is 18.7. The van der Waals surface area contributed by atoms with Crippen LogP contribution in [0.1, 0.15) is 41.6 Å². The first kappa shape index (κ1) is 21.4. The zero-order valence-electron chi connectivity index (χ0n) is 17.9. The number of guanidine groups is 1. The Labute approximate surface area is 178 Å². The van der Waals surface area contributed by atoms with Gasteiger partial charge >= 0.3 is 0 Å². The number of rotatable bonds is 8. The number of aliphatic imine (C=N–C) groups is 1. The van der Waals surface area contributed by atoms with E-state index in [1.165, 1.54) is 15.4 Å². The summed E-state index contributed by atoms with van der Waals surface area (Å²) in [4.78, 5) is 13.1. The largest absolute Gasteiger partial charge is 0.497 e. The number of aromatic nitrogens is 1. The van der Waals surface area contributed by atoms with Gasteiger partial charge in [-0.25, -0.2) is 4.98 Å². The first-order valence-corrected chi connectivity index (χ1v) is 11.2. The van der Waals surface area contributed by atoms with Crippen LogP contribution in [0, 0.1) is 0 Å². The zero-order chi connectivity index (χ0) is 20.6. The molecule has 1 N–H and O–H groups in total. The van der Waals surface area contributed by atoms with Crippen LogP contribution in [0.4, 0.5) is 0 Å². The predicted molar refractivity (Wildman–Crippen MR) is 120 cm³/mol. The molecule has 1 aromatic heterocycles. The van der Waals surface area contributed by atoms with Gasteiger partial charge in [-0.3, -0.25) is 4.99 Å². The predicted octanol–water partition coefficient (Wildman–Crippen LogP) is 3.72. The number of ether oxygens (including phenoxy) is 2. The van der Waals surface area contributed by atoms with Gasteiger partial charge in [0.1, 0.15) is 11.5 Å². The third-order valence-electron chi connectivity index (χ3n) is 5.20. The van der Waals surface area contributed by atoms with Crippen LogP contribution in [0.2, 0.25) is 0 Å². The number of methoxy groups -OCH3 is 2. The molecule has 1 aromatic carbocycles. The molecule has 1 aliphatic heterocycles. The number of hydrogen-bond acceptors (Lipinski definition) is 5. The van der Waals surface area contributed by atoms with E-state index in [0.29, 0.717) is 5.92 Å². The fourth-order valence-corrected chi connectivity index (χ4v) is 4.45. The second kappa shape index (κ2) is 10.5. The van der Waals surface area contributed by atoms with Crippen molar-refractivity contribution in [3.8, 4) is 11.5 Å². The maximum atomic E-state index is 5.44. The van der Waals surface area contributed by atoms with Crippen LogP contribution in [-0.2, 0) is 12.8 Å². The highest BCUT2D eigenvalue weighted by Crippen LogP contribution is 2.32. The number of nitrogens with one attached hydrogen (secondary N) is 1. The Balaban J connectivity index is 1.65. The van der Waals surface area contributed by atoms with E-state index in [2.05, 4.69) is 41.2 Å². The molecule has 2 heterocycles. The maximum absolute atomic E-state index is 5.44. The monoisotopic (exact) mass is 416 g/mol. The average Bonchev–Trinajstić information content (AvgIpc) is 3.42. The Morgan fingerprint density at radius 2 is 2.00 bits per heavy atom. The number of thiazole rings is 1. The third kappa shape index (κ3) is 5.63. The van der Waals surface area contributed by atoms with Crippen molar-refractivity contribution in [2.45, 2.75) is 39.0 Å². The highest BCUT2D eigenvalue weighted by atomic mass is 32.1. The van der Waals surface area contributed by atoms with Gasteiger partial charge in [0.15, 0.2) is 5.96 Å². The lowest BCUT2D eigenvalue weighted by molar-refractivity contribution is 0.392. The molecular formula is C22H32N4O2S. The Kier molecular flexibility index (Phi) is 7.75. The molecule has 1 saturated heterocycles. The van der Waals surface area contributed by atoms with E-state index in [1.807, 2.05) is 12.3 Å². The summed E-state index contributed by atoms with van der Waals surface area (Å²) in [6, 6.07) is 6.16. The minimum atomic E-state index is 0.439. The molecule has 0 bridgehead atoms. The first-order valence-electron chi connectivity index (χ1n) is 10.4. The molecule has 6 nitrogen and oxygen atoms in total. The first-order chi connectivity index (χ1) is 14.2.